The minimum Gasteiger partial charge on any atom is -0.497 e. The maximum Gasteiger partial charge on any atom is 0.254 e. The Kier molecular flexibility index (Phi) is 6.42. The Morgan fingerprint density at radius 2 is 2.03 bits per heavy atom. The van der Waals surface area contributed by atoms with Gasteiger partial charge in [-0.25, -0.2) is 0 Å². The lowest BCUT2D eigenvalue weighted by Gasteiger charge is -2.17. The van der Waals surface area contributed by atoms with Crippen molar-refractivity contribution in [2.75, 3.05) is 13.7 Å². The van der Waals surface area contributed by atoms with E-state index in [4.69, 9.17) is 4.74 Å². The molecule has 5 heteroatoms. The Hall–Kier alpha value is -3.73. The number of hydrogen-bond acceptors (Lipinski definition) is 4. The molecule has 3 rings (SSSR count). The molecule has 0 fully saturated rings. The van der Waals surface area contributed by atoms with Crippen molar-refractivity contribution in [2.24, 2.45) is 4.99 Å². The van der Waals surface area contributed by atoms with Crippen molar-refractivity contribution in [1.29, 1.82) is 0 Å². The van der Waals surface area contributed by atoms with Gasteiger partial charge in [-0.1, -0.05) is 43.0 Å². The Labute approximate surface area is 176 Å². The smallest absolute Gasteiger partial charge is 0.254 e. The van der Waals surface area contributed by atoms with Gasteiger partial charge in [-0.15, -0.1) is 0 Å². The van der Waals surface area contributed by atoms with Crippen molar-refractivity contribution in [3.63, 3.8) is 0 Å². The van der Waals surface area contributed by atoms with E-state index >= 15 is 0 Å². The second-order valence-corrected chi connectivity index (χ2v) is 6.92. The molecule has 5 nitrogen and oxygen atoms in total. The summed E-state index contributed by atoms with van der Waals surface area (Å²) in [5, 5.41) is 0. The van der Waals surface area contributed by atoms with Crippen molar-refractivity contribution < 1.29 is 14.3 Å². The van der Waals surface area contributed by atoms with Gasteiger partial charge in [-0.05, 0) is 48.5 Å². The summed E-state index contributed by atoms with van der Waals surface area (Å²) >= 11 is 0. The average molecular weight is 400 g/mol. The number of nitrogens with zero attached hydrogens (tertiary/aromatic N) is 2. The Bertz CT molecular complexity index is 1080. The molecule has 30 heavy (non-hydrogen) atoms. The number of ketones is 1. The first-order valence-electron chi connectivity index (χ1n) is 9.57. The molecule has 2 aromatic carbocycles. The van der Waals surface area contributed by atoms with Crippen LogP contribution in [-0.4, -0.2) is 37.0 Å². The van der Waals surface area contributed by atoms with Gasteiger partial charge in [0, 0.05) is 36.0 Å². The fourth-order valence-corrected chi connectivity index (χ4v) is 3.54. The molecule has 0 N–H and O–H groups in total. The zero-order chi connectivity index (χ0) is 21.7. The lowest BCUT2D eigenvalue weighted by Crippen LogP contribution is -2.28. The molecule has 0 saturated carbocycles. The standard InChI is InChI=1S/C25H24N2O3/c1-5-8-19(14-26-3)21-11-7-12-22-23(21)16-27(25(22)29)15-17(2)24(28)18-9-6-10-20(13-18)30-4/h5-14H,2-3,15-16H2,1,4H3/b8-5-,19-14+. The quantitative estimate of drug-likeness (QED) is 0.279. The first-order chi connectivity index (χ1) is 14.5. The minimum atomic E-state index is -0.205. The van der Waals surface area contributed by atoms with Crippen LogP contribution in [0.1, 0.15) is 38.8 Å². The van der Waals surface area contributed by atoms with Crippen LogP contribution < -0.4 is 4.74 Å². The van der Waals surface area contributed by atoms with E-state index in [-0.39, 0.29) is 18.2 Å². The predicted molar refractivity (Wildman–Crippen MR) is 120 cm³/mol. The van der Waals surface area contributed by atoms with E-state index < -0.39 is 0 Å². The highest BCUT2D eigenvalue weighted by molar-refractivity contribution is 6.09. The Morgan fingerprint density at radius 1 is 1.27 bits per heavy atom. The van der Waals surface area contributed by atoms with Crippen LogP contribution in [0.3, 0.4) is 0 Å². The molecule has 1 aliphatic heterocycles. The Balaban J connectivity index is 1.83. The van der Waals surface area contributed by atoms with Gasteiger partial charge in [-0.3, -0.25) is 14.6 Å². The van der Waals surface area contributed by atoms with E-state index in [9.17, 15) is 9.59 Å². The number of aliphatic imine (C=N–C) groups is 1. The van der Waals surface area contributed by atoms with Gasteiger partial charge in [0.1, 0.15) is 5.75 Å². The maximum atomic E-state index is 13.0. The summed E-state index contributed by atoms with van der Waals surface area (Å²) in [6.45, 7) is 9.95. The fraction of sp³-hybridized carbons (Fsp3) is 0.160. The van der Waals surface area contributed by atoms with Crippen LogP contribution in [0.15, 0.2) is 78.0 Å². The van der Waals surface area contributed by atoms with Crippen molar-refractivity contribution >= 4 is 24.0 Å². The second-order valence-electron chi connectivity index (χ2n) is 6.92. The van der Waals surface area contributed by atoms with Crippen LogP contribution >= 0.6 is 0 Å². The second kappa shape index (κ2) is 9.18. The maximum absolute atomic E-state index is 13.0. The van der Waals surface area contributed by atoms with E-state index in [0.717, 1.165) is 16.7 Å². The highest BCUT2D eigenvalue weighted by Gasteiger charge is 2.30. The lowest BCUT2D eigenvalue weighted by atomic mass is 9.97. The van der Waals surface area contributed by atoms with Gasteiger partial charge >= 0.3 is 0 Å². The zero-order valence-corrected chi connectivity index (χ0v) is 17.2. The first kappa shape index (κ1) is 21.0. The highest BCUT2D eigenvalue weighted by Crippen LogP contribution is 2.31. The molecule has 0 atom stereocenters. The van der Waals surface area contributed by atoms with Gasteiger partial charge in [0.2, 0.25) is 0 Å². The van der Waals surface area contributed by atoms with E-state index in [1.165, 1.54) is 0 Å². The van der Waals surface area contributed by atoms with Crippen LogP contribution in [0, 0.1) is 0 Å². The molecule has 0 unspecified atom stereocenters. The largest absolute Gasteiger partial charge is 0.497 e. The number of Topliss-reactive ketones (excluding diaryl/α,β-unsaturated/α-hetero) is 1. The molecule has 0 radical (unpaired) electrons. The fourth-order valence-electron chi connectivity index (χ4n) is 3.54. The van der Waals surface area contributed by atoms with Crippen LogP contribution in [0.2, 0.25) is 0 Å². The summed E-state index contributed by atoms with van der Waals surface area (Å²) in [5.74, 6) is 0.281. The van der Waals surface area contributed by atoms with E-state index in [1.54, 1.807) is 42.5 Å². The third-order valence-electron chi connectivity index (χ3n) is 4.96. The number of allylic oxidation sites excluding steroid dienone is 3. The lowest BCUT2D eigenvalue weighted by molar-refractivity contribution is 0.0788. The molecular weight excluding hydrogens is 376 g/mol. The zero-order valence-electron chi connectivity index (χ0n) is 17.2. The number of carbonyl (C=O) groups is 2. The van der Waals surface area contributed by atoms with Crippen LogP contribution in [0.4, 0.5) is 0 Å². The van der Waals surface area contributed by atoms with Crippen molar-refractivity contribution in [3.05, 3.63) is 95.2 Å². The molecule has 0 bridgehead atoms. The number of fused-ring (bicyclic) bond motifs is 1. The van der Waals surface area contributed by atoms with Gasteiger partial charge < -0.3 is 9.64 Å². The number of hydrogen-bond donors (Lipinski definition) is 0. The topological polar surface area (TPSA) is 59.0 Å². The molecule has 1 aliphatic rings. The Morgan fingerprint density at radius 3 is 2.73 bits per heavy atom. The number of amides is 1. The van der Waals surface area contributed by atoms with Crippen LogP contribution in [0.5, 0.6) is 5.75 Å². The third kappa shape index (κ3) is 4.15. The monoisotopic (exact) mass is 400 g/mol. The summed E-state index contributed by atoms with van der Waals surface area (Å²) in [6.07, 6.45) is 5.52. The third-order valence-corrected chi connectivity index (χ3v) is 4.96. The molecule has 1 amide bonds. The number of methoxy groups -OCH3 is 1. The number of benzene rings is 2. The molecule has 0 saturated heterocycles. The normalized spacial score (nSPS) is 13.5. The molecule has 152 valence electrons. The van der Waals surface area contributed by atoms with Gasteiger partial charge in [-0.2, -0.15) is 0 Å². The first-order valence-corrected chi connectivity index (χ1v) is 9.57. The predicted octanol–water partition coefficient (Wildman–Crippen LogP) is 4.71. The molecule has 1 heterocycles. The van der Waals surface area contributed by atoms with Crippen molar-refractivity contribution in [3.8, 4) is 5.75 Å². The molecular formula is C25H24N2O3. The number of ether oxygens (including phenoxy) is 1. The molecule has 0 aliphatic carbocycles. The summed E-state index contributed by atoms with van der Waals surface area (Å²) in [7, 11) is 1.55. The molecule has 2 aromatic rings. The van der Waals surface area contributed by atoms with Gasteiger partial charge in [0.15, 0.2) is 5.78 Å². The average Bonchev–Trinajstić information content (AvgIpc) is 3.08. The summed E-state index contributed by atoms with van der Waals surface area (Å²) in [5.41, 5.74) is 4.19. The van der Waals surface area contributed by atoms with E-state index in [0.29, 0.717) is 29.0 Å². The van der Waals surface area contributed by atoms with Crippen molar-refractivity contribution in [2.45, 2.75) is 13.5 Å². The number of rotatable bonds is 8. The number of carbonyl (C=O) groups excluding carboxylic acids is 2. The van der Waals surface area contributed by atoms with Crippen molar-refractivity contribution in [1.82, 2.24) is 4.90 Å². The summed E-state index contributed by atoms with van der Waals surface area (Å²) in [6, 6.07) is 12.5. The summed E-state index contributed by atoms with van der Waals surface area (Å²) in [4.78, 5) is 31.3. The van der Waals surface area contributed by atoms with E-state index in [2.05, 4.69) is 18.3 Å². The molecule has 0 aromatic heterocycles. The summed E-state index contributed by atoms with van der Waals surface area (Å²) < 4.78 is 5.18. The van der Waals surface area contributed by atoms with E-state index in [1.807, 2.05) is 37.3 Å². The van der Waals surface area contributed by atoms with Crippen LogP contribution in [-0.2, 0) is 6.54 Å². The van der Waals surface area contributed by atoms with Gasteiger partial charge in [0.25, 0.3) is 5.91 Å². The minimum absolute atomic E-state index is 0.113. The SMILES string of the molecule is C=N/C=C(\C=C/C)c1cccc2c1CN(CC(=C)C(=O)c1cccc(OC)c1)C2=O. The van der Waals surface area contributed by atoms with Crippen LogP contribution in [0.25, 0.3) is 5.57 Å². The highest BCUT2D eigenvalue weighted by atomic mass is 16.5. The molecule has 0 spiro atoms. The van der Waals surface area contributed by atoms with Gasteiger partial charge in [0.05, 0.1) is 7.11 Å².